The third kappa shape index (κ3) is 4.23. The van der Waals surface area contributed by atoms with E-state index in [4.69, 9.17) is 4.43 Å². The van der Waals surface area contributed by atoms with Gasteiger partial charge < -0.3 is 4.43 Å². The van der Waals surface area contributed by atoms with E-state index in [0.717, 1.165) is 0 Å². The number of nitrogens with one attached hydrogen (secondary N) is 1. The maximum Gasteiger partial charge on any atom is 0.268 e. The van der Waals surface area contributed by atoms with Crippen LogP contribution in [0.3, 0.4) is 0 Å². The van der Waals surface area contributed by atoms with Crippen molar-refractivity contribution in [2.75, 3.05) is 6.54 Å². The molecule has 1 aliphatic heterocycles. The summed E-state index contributed by atoms with van der Waals surface area (Å²) >= 11 is 0. The van der Waals surface area contributed by atoms with Crippen molar-refractivity contribution in [3.63, 3.8) is 0 Å². The van der Waals surface area contributed by atoms with Crippen LogP contribution in [0.1, 0.15) is 37.6 Å². The Morgan fingerprint density at radius 3 is 2.50 bits per heavy atom. The zero-order valence-electron chi connectivity index (χ0n) is 15.2. The van der Waals surface area contributed by atoms with Crippen LogP contribution < -0.4 is 5.43 Å². The van der Waals surface area contributed by atoms with Gasteiger partial charge in [0.2, 0.25) is 0 Å². The van der Waals surface area contributed by atoms with Crippen molar-refractivity contribution >= 4 is 14.2 Å². The molecule has 0 saturated carbocycles. The fourth-order valence-electron chi connectivity index (χ4n) is 2.47. The number of carbonyl (C=O) groups excluding carboxylic acids is 1. The minimum atomic E-state index is -1.95. The topological polar surface area (TPSA) is 65.4 Å². The highest BCUT2D eigenvalue weighted by atomic mass is 28.4. The zero-order valence-corrected chi connectivity index (χ0v) is 16.2. The van der Waals surface area contributed by atoms with Crippen LogP contribution in [0, 0.1) is 11.3 Å². The Kier molecular flexibility index (Phi) is 5.48. The lowest BCUT2D eigenvalue weighted by Gasteiger charge is -2.43. The number of nitrogens with zero attached hydrogens (tertiary/aromatic N) is 2. The first-order chi connectivity index (χ1) is 11.1. The second-order valence-electron chi connectivity index (χ2n) is 7.83. The van der Waals surface area contributed by atoms with Gasteiger partial charge in [-0.25, -0.2) is 5.43 Å². The highest BCUT2D eigenvalue weighted by molar-refractivity contribution is 6.74. The molecule has 0 bridgehead atoms. The molecule has 1 aromatic carbocycles. The molecule has 0 radical (unpaired) electrons. The average Bonchev–Trinajstić information content (AvgIpc) is 2.53. The second-order valence-corrected chi connectivity index (χ2v) is 12.6. The van der Waals surface area contributed by atoms with E-state index in [9.17, 15) is 10.1 Å². The number of amides is 1. The normalized spacial score (nSPS) is 22.1. The number of rotatable bonds is 3. The van der Waals surface area contributed by atoms with Crippen molar-refractivity contribution in [1.82, 2.24) is 10.4 Å². The lowest BCUT2D eigenvalue weighted by molar-refractivity contribution is 0.0240. The molecule has 2 atom stereocenters. The molecule has 1 saturated heterocycles. The molecule has 1 fully saturated rings. The summed E-state index contributed by atoms with van der Waals surface area (Å²) in [7, 11) is -1.95. The standard InChI is InChI=1S/C18H27N3O2Si/c1-18(2,3)24(4,5)23-16-11-15(12-19)20-21(13-16)17(22)14-9-7-6-8-10-14/h6-10,15-16,20H,11,13H2,1-5H3/t15-,16+/m0/s1. The van der Waals surface area contributed by atoms with Crippen molar-refractivity contribution in [3.8, 4) is 6.07 Å². The number of hydrogen-bond donors (Lipinski definition) is 1. The lowest BCUT2D eigenvalue weighted by Crippen LogP contribution is -2.59. The van der Waals surface area contributed by atoms with E-state index in [0.29, 0.717) is 18.5 Å². The maximum atomic E-state index is 12.7. The van der Waals surface area contributed by atoms with Crippen molar-refractivity contribution in [2.24, 2.45) is 0 Å². The number of carbonyl (C=O) groups is 1. The van der Waals surface area contributed by atoms with Crippen molar-refractivity contribution in [3.05, 3.63) is 35.9 Å². The summed E-state index contributed by atoms with van der Waals surface area (Å²) < 4.78 is 6.45. The highest BCUT2D eigenvalue weighted by Crippen LogP contribution is 2.38. The summed E-state index contributed by atoms with van der Waals surface area (Å²) in [6.45, 7) is 11.4. The van der Waals surface area contributed by atoms with Gasteiger partial charge in [0.1, 0.15) is 6.04 Å². The number of nitriles is 1. The zero-order chi connectivity index (χ0) is 18.0. The molecule has 5 nitrogen and oxygen atoms in total. The van der Waals surface area contributed by atoms with Crippen LogP contribution in [0.25, 0.3) is 0 Å². The van der Waals surface area contributed by atoms with Gasteiger partial charge in [-0.05, 0) is 30.3 Å². The summed E-state index contributed by atoms with van der Waals surface area (Å²) in [4.78, 5) is 12.7. The first kappa shape index (κ1) is 18.7. The van der Waals surface area contributed by atoms with Crippen LogP contribution >= 0.6 is 0 Å². The van der Waals surface area contributed by atoms with Crippen LogP contribution in [0.2, 0.25) is 18.1 Å². The predicted molar refractivity (Wildman–Crippen MR) is 96.7 cm³/mol. The first-order valence-electron chi connectivity index (χ1n) is 8.34. The largest absolute Gasteiger partial charge is 0.412 e. The van der Waals surface area contributed by atoms with Crippen molar-refractivity contribution < 1.29 is 9.22 Å². The van der Waals surface area contributed by atoms with Crippen LogP contribution in [0.4, 0.5) is 0 Å². The average molecular weight is 346 g/mol. The smallest absolute Gasteiger partial charge is 0.268 e. The molecule has 0 aromatic heterocycles. The minimum absolute atomic E-state index is 0.0916. The van der Waals surface area contributed by atoms with Gasteiger partial charge in [0.05, 0.1) is 18.7 Å². The van der Waals surface area contributed by atoms with Crippen LogP contribution in [-0.4, -0.2) is 37.9 Å². The third-order valence-electron chi connectivity index (χ3n) is 4.89. The van der Waals surface area contributed by atoms with Crippen molar-refractivity contribution in [1.29, 1.82) is 5.26 Å². The van der Waals surface area contributed by atoms with E-state index in [2.05, 4.69) is 45.4 Å². The molecule has 0 aliphatic carbocycles. The van der Waals surface area contributed by atoms with Gasteiger partial charge in [-0.3, -0.25) is 9.80 Å². The van der Waals surface area contributed by atoms with Crippen LogP contribution in [0.15, 0.2) is 30.3 Å². The Bertz CT molecular complexity index is 619. The molecule has 24 heavy (non-hydrogen) atoms. The molecule has 1 N–H and O–H groups in total. The summed E-state index contributed by atoms with van der Waals surface area (Å²) in [5.41, 5.74) is 3.62. The minimum Gasteiger partial charge on any atom is -0.412 e. The molecule has 1 aromatic rings. The van der Waals surface area contributed by atoms with Gasteiger partial charge in [-0.15, -0.1) is 0 Å². The quantitative estimate of drug-likeness (QED) is 0.854. The fraction of sp³-hybridized carbons (Fsp3) is 0.556. The first-order valence-corrected chi connectivity index (χ1v) is 11.3. The van der Waals surface area contributed by atoms with E-state index in [1.807, 2.05) is 18.2 Å². The lowest BCUT2D eigenvalue weighted by atomic mass is 10.1. The molecular formula is C18H27N3O2Si. The van der Waals surface area contributed by atoms with E-state index >= 15 is 0 Å². The molecule has 130 valence electrons. The highest BCUT2D eigenvalue weighted by Gasteiger charge is 2.41. The Labute approximate surface area is 145 Å². The molecule has 1 amide bonds. The molecule has 1 heterocycles. The Morgan fingerprint density at radius 1 is 1.33 bits per heavy atom. The van der Waals surface area contributed by atoms with E-state index in [1.165, 1.54) is 5.01 Å². The van der Waals surface area contributed by atoms with Gasteiger partial charge >= 0.3 is 0 Å². The van der Waals surface area contributed by atoms with Gasteiger partial charge in [-0.1, -0.05) is 39.0 Å². The molecule has 6 heteroatoms. The van der Waals surface area contributed by atoms with Gasteiger partial charge in [0.25, 0.3) is 5.91 Å². The van der Waals surface area contributed by atoms with E-state index < -0.39 is 14.4 Å². The summed E-state index contributed by atoms with van der Waals surface area (Å²) in [6, 6.07) is 10.9. The fourth-order valence-corrected chi connectivity index (χ4v) is 3.83. The Balaban J connectivity index is 2.15. The van der Waals surface area contributed by atoms with Crippen molar-refractivity contribution in [2.45, 2.75) is 57.5 Å². The second kappa shape index (κ2) is 7.05. The van der Waals surface area contributed by atoms with E-state index in [-0.39, 0.29) is 17.0 Å². The third-order valence-corrected chi connectivity index (χ3v) is 9.42. The molecular weight excluding hydrogens is 318 g/mol. The number of hydrogen-bond acceptors (Lipinski definition) is 4. The van der Waals surface area contributed by atoms with E-state index in [1.54, 1.807) is 12.1 Å². The van der Waals surface area contributed by atoms with Gasteiger partial charge in [0.15, 0.2) is 8.32 Å². The Morgan fingerprint density at radius 2 is 1.96 bits per heavy atom. The monoisotopic (exact) mass is 345 g/mol. The van der Waals surface area contributed by atoms with Gasteiger partial charge in [0, 0.05) is 12.0 Å². The number of benzene rings is 1. The van der Waals surface area contributed by atoms with Crippen LogP contribution in [0.5, 0.6) is 0 Å². The Hall–Kier alpha value is -1.68. The van der Waals surface area contributed by atoms with Crippen LogP contribution in [-0.2, 0) is 4.43 Å². The molecule has 2 rings (SSSR count). The maximum absolute atomic E-state index is 12.7. The summed E-state index contributed by atoms with van der Waals surface area (Å²) in [6.07, 6.45) is 0.478. The summed E-state index contributed by atoms with van der Waals surface area (Å²) in [5.74, 6) is -0.126. The summed E-state index contributed by atoms with van der Waals surface area (Å²) in [5, 5.41) is 11.0. The van der Waals surface area contributed by atoms with Gasteiger partial charge in [-0.2, -0.15) is 5.26 Å². The molecule has 0 spiro atoms. The molecule has 0 unspecified atom stereocenters. The molecule has 1 aliphatic rings. The SMILES string of the molecule is CC(C)(C)[Si](C)(C)O[C@@H]1C[C@@H](C#N)NN(C(=O)c2ccccc2)C1. The predicted octanol–water partition coefficient (Wildman–Crippen LogP) is 3.32. The number of hydrazine groups is 1.